The maximum absolute atomic E-state index is 12.6. The van der Waals surface area contributed by atoms with Gasteiger partial charge in [-0.1, -0.05) is 29.8 Å². The molecule has 2 saturated heterocycles. The van der Waals surface area contributed by atoms with Crippen molar-refractivity contribution in [3.8, 4) is 0 Å². The highest BCUT2D eigenvalue weighted by molar-refractivity contribution is 6.35. The minimum Gasteiger partial charge on any atom is -0.376 e. The van der Waals surface area contributed by atoms with Crippen LogP contribution >= 0.6 is 11.6 Å². The number of hydrogen-bond acceptors (Lipinski definition) is 4. The number of nitrogens with zero attached hydrogens (tertiary/aromatic N) is 2. The van der Waals surface area contributed by atoms with Crippen molar-refractivity contribution >= 4 is 28.4 Å². The molecule has 0 radical (unpaired) electrons. The van der Waals surface area contributed by atoms with Gasteiger partial charge in [-0.3, -0.25) is 9.69 Å². The predicted octanol–water partition coefficient (Wildman–Crippen LogP) is 2.48. The van der Waals surface area contributed by atoms with Crippen molar-refractivity contribution in [1.82, 2.24) is 15.2 Å². The number of rotatable bonds is 2. The molecule has 1 N–H and O–H groups in total. The van der Waals surface area contributed by atoms with Crippen LogP contribution < -0.4 is 5.32 Å². The third kappa shape index (κ3) is 2.99. The molecule has 0 unspecified atom stereocenters. The van der Waals surface area contributed by atoms with E-state index in [0.717, 1.165) is 31.5 Å². The Morgan fingerprint density at radius 3 is 3.08 bits per heavy atom. The average Bonchev–Trinajstić information content (AvgIpc) is 2.96. The number of aromatic nitrogens is 1. The number of amides is 1. The summed E-state index contributed by atoms with van der Waals surface area (Å²) in [6.45, 7) is 4.64. The summed E-state index contributed by atoms with van der Waals surface area (Å²) in [6, 6.07) is 9.79. The molecule has 24 heavy (non-hydrogen) atoms. The fourth-order valence-electron chi connectivity index (χ4n) is 3.64. The van der Waals surface area contributed by atoms with Gasteiger partial charge in [0.05, 0.1) is 23.3 Å². The summed E-state index contributed by atoms with van der Waals surface area (Å²) in [5, 5.41) is 4.60. The molecular formula is C18H20ClN3O2. The lowest BCUT2D eigenvalue weighted by Crippen LogP contribution is -2.45. The van der Waals surface area contributed by atoms with Crippen molar-refractivity contribution in [2.24, 2.45) is 0 Å². The lowest BCUT2D eigenvalue weighted by molar-refractivity contribution is -0.0390. The Bertz CT molecular complexity index is 782. The Labute approximate surface area is 145 Å². The second kappa shape index (κ2) is 6.31. The molecule has 0 spiro atoms. The second-order valence-electron chi connectivity index (χ2n) is 6.67. The molecule has 2 aliphatic rings. The molecule has 0 bridgehead atoms. The van der Waals surface area contributed by atoms with Gasteiger partial charge >= 0.3 is 0 Å². The zero-order valence-corrected chi connectivity index (χ0v) is 14.3. The second-order valence-corrected chi connectivity index (χ2v) is 7.07. The average molecular weight is 346 g/mol. The number of morpholine rings is 1. The molecule has 1 aromatic carbocycles. The molecule has 2 aliphatic heterocycles. The molecule has 0 saturated carbocycles. The largest absolute Gasteiger partial charge is 0.376 e. The van der Waals surface area contributed by atoms with E-state index in [2.05, 4.69) is 22.1 Å². The Kier molecular flexibility index (Phi) is 4.16. The Hall–Kier alpha value is -1.69. The minimum absolute atomic E-state index is 0.139. The SMILES string of the molecule is C[C@@H]1CN2C[C@H](NC(=O)c3ccc4cccc(Cl)c4n3)C[C@H]2CO1. The summed E-state index contributed by atoms with van der Waals surface area (Å²) in [5.41, 5.74) is 1.07. The first-order valence-corrected chi connectivity index (χ1v) is 8.70. The molecule has 1 amide bonds. The summed E-state index contributed by atoms with van der Waals surface area (Å²) in [5.74, 6) is -0.143. The molecule has 5 nitrogen and oxygen atoms in total. The minimum atomic E-state index is -0.143. The first-order chi connectivity index (χ1) is 11.6. The van der Waals surface area contributed by atoms with E-state index in [1.165, 1.54) is 0 Å². The zero-order valence-electron chi connectivity index (χ0n) is 13.5. The van der Waals surface area contributed by atoms with E-state index in [1.807, 2.05) is 18.2 Å². The molecule has 3 heterocycles. The van der Waals surface area contributed by atoms with Gasteiger partial charge in [0.15, 0.2) is 0 Å². The van der Waals surface area contributed by atoms with Crippen molar-refractivity contribution in [2.45, 2.75) is 31.5 Å². The summed E-state index contributed by atoms with van der Waals surface area (Å²) < 4.78 is 5.71. The number of benzene rings is 1. The standard InChI is InChI=1S/C18H20ClN3O2/c1-11-8-22-9-13(7-14(22)10-24-11)20-18(23)16-6-5-12-3-2-4-15(19)17(12)21-16/h2-6,11,13-14H,7-10H2,1H3,(H,20,23)/t11-,13-,14+/m1/s1. The maximum atomic E-state index is 12.6. The molecular weight excluding hydrogens is 326 g/mol. The molecule has 2 aromatic rings. The van der Waals surface area contributed by atoms with Crippen molar-refractivity contribution in [3.63, 3.8) is 0 Å². The molecule has 6 heteroatoms. The lowest BCUT2D eigenvalue weighted by atomic mass is 10.1. The highest BCUT2D eigenvalue weighted by atomic mass is 35.5. The van der Waals surface area contributed by atoms with E-state index in [1.54, 1.807) is 12.1 Å². The summed E-state index contributed by atoms with van der Waals surface area (Å²) in [7, 11) is 0. The van der Waals surface area contributed by atoms with Crippen molar-refractivity contribution in [2.75, 3.05) is 19.7 Å². The number of pyridine rings is 1. The van der Waals surface area contributed by atoms with E-state index in [4.69, 9.17) is 16.3 Å². The summed E-state index contributed by atoms with van der Waals surface area (Å²) >= 11 is 6.19. The summed E-state index contributed by atoms with van der Waals surface area (Å²) in [4.78, 5) is 19.4. The topological polar surface area (TPSA) is 54.5 Å². The highest BCUT2D eigenvalue weighted by Crippen LogP contribution is 2.24. The quantitative estimate of drug-likeness (QED) is 0.908. The molecule has 2 fully saturated rings. The normalized spacial score (nSPS) is 27.2. The highest BCUT2D eigenvalue weighted by Gasteiger charge is 2.36. The van der Waals surface area contributed by atoms with Crippen LogP contribution in [0.2, 0.25) is 5.02 Å². The number of nitrogens with one attached hydrogen (secondary N) is 1. The Morgan fingerprint density at radius 2 is 2.21 bits per heavy atom. The van der Waals surface area contributed by atoms with Crippen LogP contribution in [0.4, 0.5) is 0 Å². The van der Waals surface area contributed by atoms with Crippen LogP contribution in [0, 0.1) is 0 Å². The Morgan fingerprint density at radius 1 is 1.33 bits per heavy atom. The van der Waals surface area contributed by atoms with Crippen LogP contribution in [0.25, 0.3) is 10.9 Å². The van der Waals surface area contributed by atoms with Gasteiger partial charge in [0.1, 0.15) is 5.69 Å². The van der Waals surface area contributed by atoms with Gasteiger partial charge in [0.25, 0.3) is 5.91 Å². The van der Waals surface area contributed by atoms with E-state index >= 15 is 0 Å². The predicted molar refractivity (Wildman–Crippen MR) is 93.4 cm³/mol. The number of halogens is 1. The number of ether oxygens (including phenoxy) is 1. The van der Waals surface area contributed by atoms with Gasteiger partial charge in [-0.15, -0.1) is 0 Å². The zero-order chi connectivity index (χ0) is 16.7. The molecule has 1 aromatic heterocycles. The van der Waals surface area contributed by atoms with Crippen LogP contribution in [0.5, 0.6) is 0 Å². The Balaban J connectivity index is 1.48. The fourth-order valence-corrected chi connectivity index (χ4v) is 3.86. The molecule has 126 valence electrons. The monoisotopic (exact) mass is 345 g/mol. The van der Waals surface area contributed by atoms with Gasteiger partial charge in [-0.2, -0.15) is 0 Å². The van der Waals surface area contributed by atoms with Crippen LogP contribution in [0.15, 0.2) is 30.3 Å². The molecule has 0 aliphatic carbocycles. The van der Waals surface area contributed by atoms with E-state index in [0.29, 0.717) is 22.3 Å². The number of hydrogen-bond donors (Lipinski definition) is 1. The number of fused-ring (bicyclic) bond motifs is 2. The van der Waals surface area contributed by atoms with Crippen LogP contribution in [0.3, 0.4) is 0 Å². The molecule has 4 rings (SSSR count). The van der Waals surface area contributed by atoms with Crippen LogP contribution in [-0.4, -0.2) is 53.7 Å². The first kappa shape index (κ1) is 15.8. The lowest BCUT2D eigenvalue weighted by Gasteiger charge is -2.33. The smallest absolute Gasteiger partial charge is 0.270 e. The number of carbonyl (C=O) groups excluding carboxylic acids is 1. The van der Waals surface area contributed by atoms with E-state index in [-0.39, 0.29) is 18.1 Å². The first-order valence-electron chi connectivity index (χ1n) is 8.32. The van der Waals surface area contributed by atoms with Gasteiger partial charge in [-0.25, -0.2) is 4.98 Å². The summed E-state index contributed by atoms with van der Waals surface area (Å²) in [6.07, 6.45) is 1.19. The van der Waals surface area contributed by atoms with E-state index < -0.39 is 0 Å². The van der Waals surface area contributed by atoms with Gasteiger partial charge in [0, 0.05) is 30.6 Å². The number of para-hydroxylation sites is 1. The van der Waals surface area contributed by atoms with Gasteiger partial charge < -0.3 is 10.1 Å². The van der Waals surface area contributed by atoms with Crippen molar-refractivity contribution in [1.29, 1.82) is 0 Å². The third-order valence-corrected chi connectivity index (χ3v) is 5.14. The third-order valence-electron chi connectivity index (χ3n) is 4.83. The molecule has 3 atom stereocenters. The van der Waals surface area contributed by atoms with E-state index in [9.17, 15) is 4.79 Å². The number of carbonyl (C=O) groups is 1. The maximum Gasteiger partial charge on any atom is 0.270 e. The van der Waals surface area contributed by atoms with Gasteiger partial charge in [0.2, 0.25) is 0 Å². The van der Waals surface area contributed by atoms with Crippen molar-refractivity contribution < 1.29 is 9.53 Å². The van der Waals surface area contributed by atoms with Crippen molar-refractivity contribution in [3.05, 3.63) is 41.0 Å². The van der Waals surface area contributed by atoms with Crippen LogP contribution in [0.1, 0.15) is 23.8 Å². The van der Waals surface area contributed by atoms with Crippen LogP contribution in [-0.2, 0) is 4.74 Å². The van der Waals surface area contributed by atoms with Gasteiger partial charge in [-0.05, 0) is 25.5 Å². The fraction of sp³-hybridized carbons (Fsp3) is 0.444.